The minimum Gasteiger partial charge on any atom is -0.395 e. The molecular weight excluding hydrogens is 166 g/mol. The van der Waals surface area contributed by atoms with Gasteiger partial charge >= 0.3 is 0 Å². The summed E-state index contributed by atoms with van der Waals surface area (Å²) < 4.78 is 0. The second-order valence-electron chi connectivity index (χ2n) is 3.99. The number of carbonyl (C=O) groups is 1. The Hall–Kier alpha value is -0.830. The van der Waals surface area contributed by atoms with Crippen LogP contribution in [-0.4, -0.2) is 24.0 Å². The molecule has 1 unspecified atom stereocenters. The number of hydrogen-bond acceptors (Lipinski definition) is 3. The van der Waals surface area contributed by atoms with E-state index in [9.17, 15) is 9.90 Å². The molecule has 3 heteroatoms. The van der Waals surface area contributed by atoms with Crippen LogP contribution in [0.4, 0.5) is 0 Å². The average Bonchev–Trinajstić information content (AvgIpc) is 2.18. The van der Waals surface area contributed by atoms with Crippen LogP contribution in [0.1, 0.15) is 25.7 Å². The molecule has 13 heavy (non-hydrogen) atoms. The Balaban J connectivity index is 2.30. The van der Waals surface area contributed by atoms with Crippen molar-refractivity contribution in [2.24, 2.45) is 5.41 Å². The van der Waals surface area contributed by atoms with E-state index in [0.29, 0.717) is 6.42 Å². The van der Waals surface area contributed by atoms with Crippen LogP contribution in [0.5, 0.6) is 0 Å². The van der Waals surface area contributed by atoms with Crippen molar-refractivity contribution in [3.05, 3.63) is 11.8 Å². The van der Waals surface area contributed by atoms with Gasteiger partial charge in [0.05, 0.1) is 6.61 Å². The van der Waals surface area contributed by atoms with Gasteiger partial charge in [0.1, 0.15) is 0 Å². The summed E-state index contributed by atoms with van der Waals surface area (Å²) in [6, 6.07) is 0. The van der Waals surface area contributed by atoms with E-state index >= 15 is 0 Å². The molecule has 2 aliphatic rings. The second-order valence-corrected chi connectivity index (χ2v) is 3.99. The van der Waals surface area contributed by atoms with Crippen LogP contribution in [0.2, 0.25) is 0 Å². The zero-order valence-electron chi connectivity index (χ0n) is 7.68. The molecule has 1 atom stereocenters. The number of nitrogens with one attached hydrogen (secondary N) is 1. The van der Waals surface area contributed by atoms with Gasteiger partial charge in [0, 0.05) is 30.2 Å². The summed E-state index contributed by atoms with van der Waals surface area (Å²) in [5.74, 6) is 0.188. The lowest BCUT2D eigenvalue weighted by Gasteiger charge is -2.40. The van der Waals surface area contributed by atoms with Crippen molar-refractivity contribution in [3.8, 4) is 0 Å². The molecule has 0 bridgehead atoms. The standard InChI is InChI=1S/C10H15NO2/c12-7-10-3-1-5-11-9(10)6-8(13)2-4-10/h6,11-12H,1-5,7H2. The Morgan fingerprint density at radius 1 is 1.54 bits per heavy atom. The van der Waals surface area contributed by atoms with Crippen LogP contribution >= 0.6 is 0 Å². The summed E-state index contributed by atoms with van der Waals surface area (Å²) in [6.07, 6.45) is 5.17. The molecule has 2 rings (SSSR count). The molecule has 0 aromatic carbocycles. The van der Waals surface area contributed by atoms with Gasteiger partial charge in [0.2, 0.25) is 0 Å². The van der Waals surface area contributed by atoms with Gasteiger partial charge in [-0.15, -0.1) is 0 Å². The van der Waals surface area contributed by atoms with E-state index in [4.69, 9.17) is 0 Å². The van der Waals surface area contributed by atoms with Crippen molar-refractivity contribution in [2.45, 2.75) is 25.7 Å². The topological polar surface area (TPSA) is 49.3 Å². The number of fused-ring (bicyclic) bond motifs is 1. The average molecular weight is 181 g/mol. The molecule has 72 valence electrons. The first kappa shape index (κ1) is 8.75. The zero-order valence-corrected chi connectivity index (χ0v) is 7.68. The van der Waals surface area contributed by atoms with Crippen LogP contribution in [0.25, 0.3) is 0 Å². The number of hydrogen-bond donors (Lipinski definition) is 2. The Labute approximate surface area is 77.8 Å². The fraction of sp³-hybridized carbons (Fsp3) is 0.700. The Kier molecular flexibility index (Phi) is 2.12. The highest BCUT2D eigenvalue weighted by atomic mass is 16.3. The van der Waals surface area contributed by atoms with Crippen molar-refractivity contribution < 1.29 is 9.90 Å². The molecule has 1 aliphatic carbocycles. The van der Waals surface area contributed by atoms with Crippen LogP contribution in [0.15, 0.2) is 11.8 Å². The lowest BCUT2D eigenvalue weighted by molar-refractivity contribution is -0.116. The van der Waals surface area contributed by atoms with E-state index in [1.54, 1.807) is 6.08 Å². The van der Waals surface area contributed by atoms with Crippen LogP contribution in [-0.2, 0) is 4.79 Å². The van der Waals surface area contributed by atoms with Gasteiger partial charge in [-0.3, -0.25) is 4.79 Å². The molecule has 0 amide bonds. The zero-order chi connectivity index (χ0) is 9.31. The number of ketones is 1. The van der Waals surface area contributed by atoms with E-state index in [0.717, 1.165) is 31.5 Å². The van der Waals surface area contributed by atoms with Gasteiger partial charge in [-0.2, -0.15) is 0 Å². The largest absolute Gasteiger partial charge is 0.395 e. The first-order valence-electron chi connectivity index (χ1n) is 4.87. The molecule has 0 aromatic rings. The molecule has 1 heterocycles. The Morgan fingerprint density at radius 3 is 3.15 bits per heavy atom. The number of carbonyl (C=O) groups excluding carboxylic acids is 1. The summed E-state index contributed by atoms with van der Waals surface area (Å²) in [7, 11) is 0. The van der Waals surface area contributed by atoms with Gasteiger partial charge in [-0.25, -0.2) is 0 Å². The molecule has 0 aromatic heterocycles. The third kappa shape index (κ3) is 1.37. The fourth-order valence-corrected chi connectivity index (χ4v) is 2.27. The van der Waals surface area contributed by atoms with E-state index in [1.807, 2.05) is 0 Å². The molecule has 1 fully saturated rings. The van der Waals surface area contributed by atoms with E-state index in [1.165, 1.54) is 0 Å². The summed E-state index contributed by atoms with van der Waals surface area (Å²) in [5.41, 5.74) is 0.851. The molecule has 2 N–H and O–H groups in total. The minimum atomic E-state index is -0.119. The number of aliphatic hydroxyl groups excluding tert-OH is 1. The summed E-state index contributed by atoms with van der Waals surface area (Å²) in [5, 5.41) is 12.6. The molecule has 3 nitrogen and oxygen atoms in total. The van der Waals surface area contributed by atoms with Crippen molar-refractivity contribution >= 4 is 5.78 Å². The first-order valence-corrected chi connectivity index (χ1v) is 4.87. The van der Waals surface area contributed by atoms with Crippen molar-refractivity contribution in [2.75, 3.05) is 13.2 Å². The van der Waals surface area contributed by atoms with E-state index in [2.05, 4.69) is 5.32 Å². The minimum absolute atomic E-state index is 0.119. The normalized spacial score (nSPS) is 33.3. The number of aliphatic hydroxyl groups is 1. The highest BCUT2D eigenvalue weighted by molar-refractivity contribution is 5.91. The van der Waals surface area contributed by atoms with Gasteiger partial charge in [-0.05, 0) is 19.3 Å². The lowest BCUT2D eigenvalue weighted by Crippen LogP contribution is -2.43. The SMILES string of the molecule is O=C1C=C2NCCCC2(CO)CC1. The number of piperidine rings is 1. The maximum atomic E-state index is 11.2. The maximum absolute atomic E-state index is 11.2. The summed E-state index contributed by atoms with van der Waals surface area (Å²) in [6.45, 7) is 1.10. The van der Waals surface area contributed by atoms with Gasteiger partial charge in [0.15, 0.2) is 5.78 Å². The van der Waals surface area contributed by atoms with E-state index in [-0.39, 0.29) is 17.8 Å². The van der Waals surface area contributed by atoms with Crippen molar-refractivity contribution in [3.63, 3.8) is 0 Å². The molecular formula is C10H15NO2. The number of rotatable bonds is 1. The fourth-order valence-electron chi connectivity index (χ4n) is 2.27. The highest BCUT2D eigenvalue weighted by Gasteiger charge is 2.38. The molecule has 0 spiro atoms. The monoisotopic (exact) mass is 181 g/mol. The quantitative estimate of drug-likeness (QED) is 0.622. The predicted molar refractivity (Wildman–Crippen MR) is 49.1 cm³/mol. The Morgan fingerprint density at radius 2 is 2.38 bits per heavy atom. The van der Waals surface area contributed by atoms with Crippen LogP contribution in [0.3, 0.4) is 0 Å². The van der Waals surface area contributed by atoms with Crippen LogP contribution < -0.4 is 5.32 Å². The molecule has 0 saturated carbocycles. The molecule has 0 radical (unpaired) electrons. The van der Waals surface area contributed by atoms with Gasteiger partial charge in [-0.1, -0.05) is 0 Å². The highest BCUT2D eigenvalue weighted by Crippen LogP contribution is 2.40. The molecule has 1 saturated heterocycles. The predicted octanol–water partition coefficient (Wildman–Crippen LogP) is 0.595. The summed E-state index contributed by atoms with van der Waals surface area (Å²) >= 11 is 0. The van der Waals surface area contributed by atoms with Gasteiger partial charge < -0.3 is 10.4 Å². The van der Waals surface area contributed by atoms with Crippen molar-refractivity contribution in [1.82, 2.24) is 5.32 Å². The summed E-state index contributed by atoms with van der Waals surface area (Å²) in [4.78, 5) is 11.2. The van der Waals surface area contributed by atoms with Gasteiger partial charge in [0.25, 0.3) is 0 Å². The number of allylic oxidation sites excluding steroid dienone is 1. The van der Waals surface area contributed by atoms with E-state index < -0.39 is 0 Å². The lowest BCUT2D eigenvalue weighted by atomic mass is 9.71. The maximum Gasteiger partial charge on any atom is 0.157 e. The third-order valence-electron chi connectivity index (χ3n) is 3.18. The molecule has 1 aliphatic heterocycles. The third-order valence-corrected chi connectivity index (χ3v) is 3.18. The first-order chi connectivity index (χ1) is 6.27. The second kappa shape index (κ2) is 3.14. The van der Waals surface area contributed by atoms with Crippen LogP contribution in [0, 0.1) is 5.41 Å². The van der Waals surface area contributed by atoms with Crippen molar-refractivity contribution in [1.29, 1.82) is 0 Å². The smallest absolute Gasteiger partial charge is 0.157 e. The Bertz CT molecular complexity index is 260.